The van der Waals surface area contributed by atoms with Crippen LogP contribution in [0.1, 0.15) is 63.4 Å². The number of halogens is 4. The summed E-state index contributed by atoms with van der Waals surface area (Å²) in [7, 11) is 0. The van der Waals surface area contributed by atoms with E-state index >= 15 is 0 Å². The van der Waals surface area contributed by atoms with Gasteiger partial charge in [-0.1, -0.05) is 38.1 Å². The number of nitriles is 2. The lowest BCUT2D eigenvalue weighted by Gasteiger charge is -2.22. The summed E-state index contributed by atoms with van der Waals surface area (Å²) >= 11 is 0. The molecule has 12 heteroatoms. The summed E-state index contributed by atoms with van der Waals surface area (Å²) in [5.74, 6) is -0.569. The maximum Gasteiger partial charge on any atom is 0.413 e. The van der Waals surface area contributed by atoms with Crippen molar-refractivity contribution in [2.24, 2.45) is 5.41 Å². The van der Waals surface area contributed by atoms with Gasteiger partial charge in [-0.25, -0.2) is 9.07 Å². The summed E-state index contributed by atoms with van der Waals surface area (Å²) < 4.78 is 65.4. The SMILES string of the molecule is [2H]C(Nc1cc(C#N)c2ncc(C#N)c(NCC(C)(C)C)c2c1)(c1ccc(F)cc1)c1cn(C2(C(F)(F)F)CC2)nn1. The number of nitrogens with zero attached hydrogens (tertiary/aromatic N) is 6. The lowest BCUT2D eigenvalue weighted by Crippen LogP contribution is -2.35. The smallest absolute Gasteiger partial charge is 0.383 e. The quantitative estimate of drug-likeness (QED) is 0.249. The molecule has 1 unspecified atom stereocenters. The summed E-state index contributed by atoms with van der Waals surface area (Å²) in [6, 6.07) is 10.1. The maximum atomic E-state index is 13.8. The number of aromatic nitrogens is 4. The second-order valence-corrected chi connectivity index (χ2v) is 11.2. The fraction of sp³-hybridized carbons (Fsp3) is 0.345. The predicted molar refractivity (Wildman–Crippen MR) is 144 cm³/mol. The molecule has 210 valence electrons. The number of rotatable bonds is 7. The molecule has 0 saturated heterocycles. The number of nitrogens with one attached hydrogen (secondary N) is 2. The largest absolute Gasteiger partial charge is 0.413 e. The topological polar surface area (TPSA) is 115 Å². The van der Waals surface area contributed by atoms with E-state index in [1.54, 1.807) is 6.07 Å². The summed E-state index contributed by atoms with van der Waals surface area (Å²) in [6.45, 7) is 6.52. The average molecular weight is 564 g/mol. The first-order valence-corrected chi connectivity index (χ1v) is 12.8. The molecule has 0 spiro atoms. The molecule has 1 fully saturated rings. The number of benzene rings is 2. The van der Waals surface area contributed by atoms with Crippen LogP contribution in [0.15, 0.2) is 48.8 Å². The van der Waals surface area contributed by atoms with Gasteiger partial charge in [-0.2, -0.15) is 23.7 Å². The highest BCUT2D eigenvalue weighted by atomic mass is 19.4. The Balaban J connectivity index is 1.66. The number of hydrogen-bond acceptors (Lipinski definition) is 7. The third-order valence-corrected chi connectivity index (χ3v) is 6.85. The highest BCUT2D eigenvalue weighted by Crippen LogP contribution is 2.55. The zero-order valence-electron chi connectivity index (χ0n) is 23.4. The Morgan fingerprint density at radius 3 is 2.37 bits per heavy atom. The van der Waals surface area contributed by atoms with Crippen LogP contribution in [-0.2, 0) is 5.54 Å². The predicted octanol–water partition coefficient (Wildman–Crippen LogP) is 6.42. The van der Waals surface area contributed by atoms with Crippen LogP contribution in [0.4, 0.5) is 28.9 Å². The minimum absolute atomic E-state index is 0.136. The molecule has 1 aliphatic carbocycles. The number of alkyl halides is 3. The van der Waals surface area contributed by atoms with E-state index in [1.165, 1.54) is 24.4 Å². The van der Waals surface area contributed by atoms with Crippen LogP contribution >= 0.6 is 0 Å². The summed E-state index contributed by atoms with van der Waals surface area (Å²) in [5, 5.41) is 34.1. The van der Waals surface area contributed by atoms with Crippen molar-refractivity contribution < 1.29 is 18.9 Å². The Morgan fingerprint density at radius 1 is 1.10 bits per heavy atom. The van der Waals surface area contributed by atoms with Gasteiger partial charge in [0.15, 0.2) is 5.54 Å². The van der Waals surface area contributed by atoms with Gasteiger partial charge in [-0.15, -0.1) is 5.10 Å². The van der Waals surface area contributed by atoms with E-state index in [9.17, 15) is 29.5 Å². The first-order chi connectivity index (χ1) is 19.7. The number of anilines is 2. The van der Waals surface area contributed by atoms with Crippen molar-refractivity contribution >= 4 is 22.3 Å². The molecular weight excluding hydrogens is 536 g/mol. The van der Waals surface area contributed by atoms with Crippen molar-refractivity contribution in [3.63, 3.8) is 0 Å². The maximum absolute atomic E-state index is 13.8. The van der Waals surface area contributed by atoms with Crippen molar-refractivity contribution in [1.82, 2.24) is 20.0 Å². The molecular formula is C29H26F4N8. The van der Waals surface area contributed by atoms with Crippen LogP contribution in [0.5, 0.6) is 0 Å². The minimum atomic E-state index is -4.56. The molecule has 0 aliphatic heterocycles. The molecule has 1 aliphatic rings. The van der Waals surface area contributed by atoms with Crippen LogP contribution in [0, 0.1) is 33.9 Å². The van der Waals surface area contributed by atoms with E-state index in [4.69, 9.17) is 0 Å². The Bertz CT molecular complexity index is 1740. The lowest BCUT2D eigenvalue weighted by molar-refractivity contribution is -0.182. The van der Waals surface area contributed by atoms with Gasteiger partial charge in [0.25, 0.3) is 0 Å². The van der Waals surface area contributed by atoms with Gasteiger partial charge in [0, 0.05) is 23.8 Å². The summed E-state index contributed by atoms with van der Waals surface area (Å²) in [4.78, 5) is 4.32. The highest BCUT2D eigenvalue weighted by molar-refractivity contribution is 5.99. The zero-order valence-corrected chi connectivity index (χ0v) is 22.4. The van der Waals surface area contributed by atoms with Crippen LogP contribution in [-0.4, -0.2) is 32.7 Å². The normalized spacial score (nSPS) is 16.3. The van der Waals surface area contributed by atoms with Crippen molar-refractivity contribution in [2.75, 3.05) is 17.2 Å². The molecule has 41 heavy (non-hydrogen) atoms. The number of fused-ring (bicyclic) bond motifs is 1. The zero-order chi connectivity index (χ0) is 30.5. The molecule has 4 aromatic rings. The number of hydrogen-bond donors (Lipinski definition) is 2. The van der Waals surface area contributed by atoms with Gasteiger partial charge >= 0.3 is 6.18 Å². The second kappa shape index (κ2) is 10.0. The van der Waals surface area contributed by atoms with Gasteiger partial charge in [0.2, 0.25) is 0 Å². The second-order valence-electron chi connectivity index (χ2n) is 11.2. The van der Waals surface area contributed by atoms with E-state index in [1.807, 2.05) is 20.8 Å². The average Bonchev–Trinajstić information content (AvgIpc) is 3.61. The molecule has 2 N–H and O–H groups in total. The van der Waals surface area contributed by atoms with Crippen molar-refractivity contribution in [3.8, 4) is 12.1 Å². The molecule has 5 rings (SSSR count). The standard InChI is InChI=1S/C29H26F4N8/c1-27(2,3)16-37-25-19(13-35)14-36-24-18(12-34)10-21(11-22(24)25)38-26(17-4-6-20(30)7-5-17)23-15-41(40-39-23)28(8-9-28)29(31,32)33/h4-7,10-11,14-15,26,38H,8-9,16H2,1-3H3,(H,36,37)/i26D. The van der Waals surface area contributed by atoms with E-state index in [0.29, 0.717) is 23.1 Å². The van der Waals surface area contributed by atoms with Gasteiger partial charge in [0.05, 0.1) is 35.9 Å². The Morgan fingerprint density at radius 2 is 1.78 bits per heavy atom. The Kier molecular flexibility index (Phi) is 6.49. The molecule has 2 aromatic carbocycles. The molecule has 1 saturated carbocycles. The minimum Gasteiger partial charge on any atom is -0.383 e. The lowest BCUT2D eigenvalue weighted by atomic mass is 9.96. The first-order valence-electron chi connectivity index (χ1n) is 13.3. The van der Waals surface area contributed by atoms with Gasteiger partial charge in [0.1, 0.15) is 23.6 Å². The van der Waals surface area contributed by atoms with Crippen molar-refractivity contribution in [3.05, 3.63) is 77.0 Å². The first kappa shape index (κ1) is 26.5. The molecule has 0 amide bonds. The van der Waals surface area contributed by atoms with Gasteiger partial charge < -0.3 is 10.6 Å². The van der Waals surface area contributed by atoms with E-state index in [2.05, 4.69) is 38.1 Å². The van der Waals surface area contributed by atoms with E-state index in [0.717, 1.165) is 23.0 Å². The molecule has 2 heterocycles. The summed E-state index contributed by atoms with van der Waals surface area (Å²) in [6.07, 6.45) is -2.44. The Hall–Kier alpha value is -4.71. The van der Waals surface area contributed by atoms with E-state index in [-0.39, 0.29) is 46.3 Å². The molecule has 2 aromatic heterocycles. The third-order valence-electron chi connectivity index (χ3n) is 6.85. The van der Waals surface area contributed by atoms with Crippen molar-refractivity contribution in [1.29, 1.82) is 10.5 Å². The third kappa shape index (κ3) is 5.38. The molecule has 0 bridgehead atoms. The monoisotopic (exact) mass is 563 g/mol. The van der Waals surface area contributed by atoms with Crippen LogP contribution in [0.2, 0.25) is 0 Å². The van der Waals surface area contributed by atoms with Crippen molar-refractivity contribution in [2.45, 2.75) is 51.3 Å². The summed E-state index contributed by atoms with van der Waals surface area (Å²) in [5.41, 5.74) is -0.974. The van der Waals surface area contributed by atoms with Gasteiger partial charge in [-0.05, 0) is 48.1 Å². The Labute approximate surface area is 235 Å². The van der Waals surface area contributed by atoms with Crippen LogP contribution in [0.3, 0.4) is 0 Å². The van der Waals surface area contributed by atoms with Gasteiger partial charge in [-0.3, -0.25) is 4.98 Å². The highest BCUT2D eigenvalue weighted by Gasteiger charge is 2.66. The molecule has 0 radical (unpaired) electrons. The fourth-order valence-corrected chi connectivity index (χ4v) is 4.48. The fourth-order valence-electron chi connectivity index (χ4n) is 4.48. The molecule has 1 atom stereocenters. The van der Waals surface area contributed by atoms with Crippen LogP contribution < -0.4 is 10.6 Å². The number of pyridine rings is 1. The molecule has 8 nitrogen and oxygen atoms in total. The van der Waals surface area contributed by atoms with E-state index < -0.39 is 23.6 Å². The van der Waals surface area contributed by atoms with Crippen LogP contribution in [0.25, 0.3) is 10.9 Å².